The summed E-state index contributed by atoms with van der Waals surface area (Å²) >= 11 is 6.23. The second kappa shape index (κ2) is 5.63. The lowest BCUT2D eigenvalue weighted by Gasteiger charge is -2.37. The van der Waals surface area contributed by atoms with Crippen LogP contribution >= 0.6 is 11.6 Å². The Balaban J connectivity index is 4.27. The molecule has 0 bridgehead atoms. The number of aliphatic hydroxyl groups is 1. The van der Waals surface area contributed by atoms with Gasteiger partial charge in [-0.25, -0.2) is 0 Å². The first-order valence-electron chi connectivity index (χ1n) is 4.73. The van der Waals surface area contributed by atoms with Crippen LogP contribution in [0.4, 0.5) is 0 Å². The minimum absolute atomic E-state index is 0.0389. The molecule has 0 aliphatic carbocycles. The van der Waals surface area contributed by atoms with Crippen LogP contribution in [0, 0.1) is 0 Å². The summed E-state index contributed by atoms with van der Waals surface area (Å²) in [6.45, 7) is 9.38. The molecule has 3 atom stereocenters. The zero-order valence-corrected chi connectivity index (χ0v) is 9.59. The molecule has 78 valence electrons. The van der Waals surface area contributed by atoms with Crippen molar-refractivity contribution in [2.75, 3.05) is 20.1 Å². The third kappa shape index (κ3) is 4.12. The van der Waals surface area contributed by atoms with E-state index in [0.717, 1.165) is 17.6 Å². The monoisotopic (exact) mass is 206 g/mol. The van der Waals surface area contributed by atoms with Gasteiger partial charge < -0.3 is 9.59 Å². The molecule has 2 nitrogen and oxygen atoms in total. The van der Waals surface area contributed by atoms with E-state index in [2.05, 4.69) is 20.6 Å². The lowest BCUT2D eigenvalue weighted by atomic mass is 10.2. The van der Waals surface area contributed by atoms with Gasteiger partial charge in [-0.2, -0.15) is 0 Å². The molecule has 0 rings (SSSR count). The minimum atomic E-state index is -0.337. The zero-order valence-electron chi connectivity index (χ0n) is 8.83. The van der Waals surface area contributed by atoms with E-state index in [4.69, 9.17) is 11.6 Å². The Morgan fingerprint density at radius 2 is 2.15 bits per heavy atom. The molecule has 0 aromatic carbocycles. The molecule has 0 aliphatic rings. The summed E-state index contributed by atoms with van der Waals surface area (Å²) in [5, 5.41) is 9.23. The lowest BCUT2D eigenvalue weighted by molar-refractivity contribution is -0.914. The third-order valence-corrected chi connectivity index (χ3v) is 3.13. The molecule has 0 amide bonds. The molecular weight excluding hydrogens is 186 g/mol. The highest BCUT2D eigenvalue weighted by Crippen LogP contribution is 2.19. The summed E-state index contributed by atoms with van der Waals surface area (Å²) < 4.78 is 0.732. The van der Waals surface area contributed by atoms with Crippen molar-refractivity contribution < 1.29 is 9.59 Å². The first-order valence-corrected chi connectivity index (χ1v) is 5.17. The second-order valence-corrected chi connectivity index (χ2v) is 4.29. The summed E-state index contributed by atoms with van der Waals surface area (Å²) in [5.41, 5.74) is -0.0389. The number of likely N-dealkylation sites (N-methyl/N-ethyl adjacent to an activating group) is 1. The van der Waals surface area contributed by atoms with Crippen LogP contribution < -0.4 is 0 Å². The van der Waals surface area contributed by atoms with Crippen molar-refractivity contribution in [1.29, 1.82) is 0 Å². The van der Waals surface area contributed by atoms with E-state index in [1.807, 2.05) is 6.08 Å². The van der Waals surface area contributed by atoms with Gasteiger partial charge in [-0.3, -0.25) is 0 Å². The summed E-state index contributed by atoms with van der Waals surface area (Å²) in [6.07, 6.45) is 2.16. The normalized spacial score (nSPS) is 20.4. The standard InChI is InChI=1S/C10H21ClNO/c1-5-7-12(4,6-2)10(11)8-9(3)13/h5,9-10,13H,1,6-8H2,2-4H3/q+1. The van der Waals surface area contributed by atoms with Gasteiger partial charge in [-0.05, 0) is 19.9 Å². The quantitative estimate of drug-likeness (QED) is 0.305. The van der Waals surface area contributed by atoms with Gasteiger partial charge in [0.05, 0.1) is 26.2 Å². The van der Waals surface area contributed by atoms with Crippen LogP contribution in [0.1, 0.15) is 20.3 Å². The van der Waals surface area contributed by atoms with Gasteiger partial charge in [0.1, 0.15) is 0 Å². The van der Waals surface area contributed by atoms with E-state index < -0.39 is 0 Å². The Morgan fingerprint density at radius 3 is 2.46 bits per heavy atom. The van der Waals surface area contributed by atoms with Gasteiger partial charge in [0.25, 0.3) is 0 Å². The fourth-order valence-corrected chi connectivity index (χ4v) is 1.75. The fourth-order valence-electron chi connectivity index (χ4n) is 1.27. The van der Waals surface area contributed by atoms with Crippen molar-refractivity contribution in [3.05, 3.63) is 12.7 Å². The predicted octanol–water partition coefficient (Wildman–Crippen LogP) is 1.97. The largest absolute Gasteiger partial charge is 0.393 e. The summed E-state index contributed by atoms with van der Waals surface area (Å²) in [7, 11) is 2.09. The average molecular weight is 207 g/mol. The topological polar surface area (TPSA) is 20.2 Å². The summed E-state index contributed by atoms with van der Waals surface area (Å²) in [5.74, 6) is 0. The van der Waals surface area contributed by atoms with Crippen molar-refractivity contribution >= 4 is 11.6 Å². The van der Waals surface area contributed by atoms with Gasteiger partial charge in [0, 0.05) is 6.42 Å². The van der Waals surface area contributed by atoms with Gasteiger partial charge >= 0.3 is 0 Å². The van der Waals surface area contributed by atoms with E-state index in [1.54, 1.807) is 6.92 Å². The Hall–Kier alpha value is -0.0500. The molecule has 0 spiro atoms. The molecule has 0 radical (unpaired) electrons. The number of aliphatic hydroxyl groups excluding tert-OH is 1. The van der Waals surface area contributed by atoms with Crippen LogP contribution in [0.15, 0.2) is 12.7 Å². The maximum atomic E-state index is 9.23. The molecule has 0 aromatic heterocycles. The molecule has 0 heterocycles. The zero-order chi connectivity index (χ0) is 10.5. The maximum Gasteiger partial charge on any atom is 0.167 e. The van der Waals surface area contributed by atoms with E-state index in [1.165, 1.54) is 0 Å². The van der Waals surface area contributed by atoms with Crippen LogP contribution in [0.5, 0.6) is 0 Å². The predicted molar refractivity (Wildman–Crippen MR) is 57.7 cm³/mol. The average Bonchev–Trinajstić information content (AvgIpc) is 2.03. The molecule has 13 heavy (non-hydrogen) atoms. The molecule has 0 saturated heterocycles. The molecule has 3 heteroatoms. The van der Waals surface area contributed by atoms with Crippen molar-refractivity contribution in [3.63, 3.8) is 0 Å². The molecule has 0 aliphatic heterocycles. The maximum absolute atomic E-state index is 9.23. The van der Waals surface area contributed by atoms with E-state index in [9.17, 15) is 5.11 Å². The number of halogens is 1. The minimum Gasteiger partial charge on any atom is -0.393 e. The molecule has 0 saturated carbocycles. The SMILES string of the molecule is C=CC[N+](C)(CC)C(Cl)CC(C)O. The number of alkyl halides is 1. The Morgan fingerprint density at radius 1 is 1.62 bits per heavy atom. The molecule has 0 aromatic rings. The van der Waals surface area contributed by atoms with Gasteiger partial charge in [-0.15, -0.1) is 0 Å². The number of rotatable bonds is 6. The van der Waals surface area contributed by atoms with Crippen LogP contribution in [0.3, 0.4) is 0 Å². The van der Waals surface area contributed by atoms with Crippen LogP contribution in [-0.4, -0.2) is 41.3 Å². The molecule has 1 N–H and O–H groups in total. The highest BCUT2D eigenvalue weighted by molar-refractivity contribution is 6.19. The van der Waals surface area contributed by atoms with E-state index in [0.29, 0.717) is 6.42 Å². The first-order chi connectivity index (χ1) is 5.96. The van der Waals surface area contributed by atoms with E-state index in [-0.39, 0.29) is 11.6 Å². The Bertz CT molecular complexity index is 161. The highest BCUT2D eigenvalue weighted by Gasteiger charge is 2.28. The highest BCUT2D eigenvalue weighted by atomic mass is 35.5. The van der Waals surface area contributed by atoms with Crippen LogP contribution in [0.25, 0.3) is 0 Å². The van der Waals surface area contributed by atoms with Gasteiger partial charge in [0.2, 0.25) is 0 Å². The van der Waals surface area contributed by atoms with Crippen LogP contribution in [-0.2, 0) is 0 Å². The Kier molecular flexibility index (Phi) is 5.61. The van der Waals surface area contributed by atoms with Crippen molar-refractivity contribution in [1.82, 2.24) is 0 Å². The summed E-state index contributed by atoms with van der Waals surface area (Å²) in [6, 6.07) is 0. The van der Waals surface area contributed by atoms with Crippen LogP contribution in [0.2, 0.25) is 0 Å². The second-order valence-electron chi connectivity index (χ2n) is 3.79. The van der Waals surface area contributed by atoms with Crippen molar-refractivity contribution in [2.24, 2.45) is 0 Å². The van der Waals surface area contributed by atoms with Gasteiger partial charge in [-0.1, -0.05) is 18.2 Å². The lowest BCUT2D eigenvalue weighted by Crippen LogP contribution is -2.50. The van der Waals surface area contributed by atoms with Crippen molar-refractivity contribution in [3.8, 4) is 0 Å². The third-order valence-electron chi connectivity index (χ3n) is 2.48. The molecule has 0 fully saturated rings. The number of hydrogen-bond donors (Lipinski definition) is 1. The molecule has 3 unspecified atom stereocenters. The fraction of sp³-hybridized carbons (Fsp3) is 0.800. The molecular formula is C10H21ClNO+. The van der Waals surface area contributed by atoms with Crippen molar-refractivity contribution in [2.45, 2.75) is 31.9 Å². The Labute approximate surface area is 86.4 Å². The smallest absolute Gasteiger partial charge is 0.167 e. The number of hydrogen-bond acceptors (Lipinski definition) is 1. The van der Waals surface area contributed by atoms with E-state index >= 15 is 0 Å². The number of nitrogens with zero attached hydrogens (tertiary/aromatic N) is 1. The first kappa shape index (κ1) is 12.9. The van der Waals surface area contributed by atoms with Gasteiger partial charge in [0.15, 0.2) is 5.50 Å². The number of quaternary nitrogens is 1. The summed E-state index contributed by atoms with van der Waals surface area (Å²) in [4.78, 5) is 0.